The first-order valence-electron chi connectivity index (χ1n) is 6.05. The lowest BCUT2D eigenvalue weighted by Gasteiger charge is -2.11. The minimum atomic E-state index is 0.588. The number of rotatable bonds is 3. The van der Waals surface area contributed by atoms with Gasteiger partial charge in [0.05, 0.1) is 19.7 Å². The number of hydrogen-bond donors (Lipinski definition) is 1. The molecule has 0 radical (unpaired) electrons. The molecule has 0 bridgehead atoms. The predicted octanol–water partition coefficient (Wildman–Crippen LogP) is 2.71. The van der Waals surface area contributed by atoms with Crippen LogP contribution >= 0.6 is 0 Å². The highest BCUT2D eigenvalue weighted by Crippen LogP contribution is 2.42. The maximum absolute atomic E-state index is 6.10. The molecule has 4 nitrogen and oxygen atoms in total. The Morgan fingerprint density at radius 1 is 1.11 bits per heavy atom. The molecule has 94 valence electrons. The lowest BCUT2D eigenvalue weighted by molar-refractivity contribution is 0.356. The maximum Gasteiger partial charge on any atom is 0.162 e. The second-order valence-electron chi connectivity index (χ2n) is 4.63. The molecule has 3 rings (SSSR count). The number of pyridine rings is 1. The van der Waals surface area contributed by atoms with Crippen molar-refractivity contribution in [3.05, 3.63) is 23.9 Å². The van der Waals surface area contributed by atoms with Gasteiger partial charge in [-0.05, 0) is 25.0 Å². The summed E-state index contributed by atoms with van der Waals surface area (Å²) in [5, 5.41) is 0.914. The Morgan fingerprint density at radius 2 is 1.78 bits per heavy atom. The van der Waals surface area contributed by atoms with E-state index < -0.39 is 0 Å². The Morgan fingerprint density at radius 3 is 2.39 bits per heavy atom. The van der Waals surface area contributed by atoms with E-state index in [1.165, 1.54) is 12.8 Å². The molecule has 2 N–H and O–H groups in total. The lowest BCUT2D eigenvalue weighted by Crippen LogP contribution is -1.97. The Hall–Kier alpha value is -1.97. The monoisotopic (exact) mass is 244 g/mol. The number of nitrogens with two attached hydrogens (primary N) is 1. The van der Waals surface area contributed by atoms with E-state index in [1.807, 2.05) is 18.2 Å². The molecule has 2 aromatic rings. The molecule has 0 aliphatic heterocycles. The van der Waals surface area contributed by atoms with E-state index >= 15 is 0 Å². The maximum atomic E-state index is 6.10. The molecule has 0 unspecified atom stereocenters. The van der Waals surface area contributed by atoms with E-state index in [4.69, 9.17) is 15.2 Å². The van der Waals surface area contributed by atoms with Crippen LogP contribution in [0.2, 0.25) is 0 Å². The average Bonchev–Trinajstić information content (AvgIpc) is 3.21. The summed E-state index contributed by atoms with van der Waals surface area (Å²) in [6.07, 6.45) is 2.43. The van der Waals surface area contributed by atoms with Crippen LogP contribution in [0.25, 0.3) is 10.9 Å². The third-order valence-corrected chi connectivity index (χ3v) is 3.36. The van der Waals surface area contributed by atoms with Gasteiger partial charge in [-0.25, -0.2) is 0 Å². The van der Waals surface area contributed by atoms with Crippen molar-refractivity contribution in [2.75, 3.05) is 20.0 Å². The van der Waals surface area contributed by atoms with Gasteiger partial charge in [-0.3, -0.25) is 4.98 Å². The second-order valence-corrected chi connectivity index (χ2v) is 4.63. The summed E-state index contributed by atoms with van der Waals surface area (Å²) < 4.78 is 10.6. The predicted molar refractivity (Wildman–Crippen MR) is 71.2 cm³/mol. The molecule has 0 amide bonds. The van der Waals surface area contributed by atoms with E-state index in [-0.39, 0.29) is 0 Å². The highest BCUT2D eigenvalue weighted by Gasteiger charge is 2.26. The third kappa shape index (κ3) is 1.74. The summed E-state index contributed by atoms with van der Waals surface area (Å²) in [6.45, 7) is 0. The van der Waals surface area contributed by atoms with Gasteiger partial charge in [0, 0.05) is 28.8 Å². The van der Waals surface area contributed by atoms with Gasteiger partial charge >= 0.3 is 0 Å². The van der Waals surface area contributed by atoms with E-state index in [9.17, 15) is 0 Å². The zero-order valence-corrected chi connectivity index (χ0v) is 10.6. The topological polar surface area (TPSA) is 57.4 Å². The summed E-state index contributed by atoms with van der Waals surface area (Å²) in [6, 6.07) is 5.75. The third-order valence-electron chi connectivity index (χ3n) is 3.36. The standard InChI is InChI=1S/C14H16N2O2/c1-17-13-5-9-10(15)6-11(8-3-4-8)16-12(9)7-14(13)18-2/h5-8H,3-4H2,1-2H3,(H2,15,16). The highest BCUT2D eigenvalue weighted by molar-refractivity contribution is 5.92. The molecular weight excluding hydrogens is 228 g/mol. The van der Waals surface area contributed by atoms with Crippen LogP contribution in [0.4, 0.5) is 5.69 Å². The molecule has 1 fully saturated rings. The van der Waals surface area contributed by atoms with Crippen molar-refractivity contribution >= 4 is 16.6 Å². The van der Waals surface area contributed by atoms with Crippen molar-refractivity contribution in [3.63, 3.8) is 0 Å². The Labute approximate surface area is 106 Å². The van der Waals surface area contributed by atoms with Crippen LogP contribution in [-0.4, -0.2) is 19.2 Å². The van der Waals surface area contributed by atoms with E-state index in [1.54, 1.807) is 14.2 Å². The number of methoxy groups -OCH3 is 2. The van der Waals surface area contributed by atoms with Gasteiger partial charge in [-0.15, -0.1) is 0 Å². The fourth-order valence-corrected chi connectivity index (χ4v) is 2.19. The first-order valence-corrected chi connectivity index (χ1v) is 6.05. The van der Waals surface area contributed by atoms with Crippen LogP contribution in [-0.2, 0) is 0 Å². The highest BCUT2D eigenvalue weighted by atomic mass is 16.5. The van der Waals surface area contributed by atoms with Gasteiger partial charge in [-0.1, -0.05) is 0 Å². The van der Waals surface area contributed by atoms with Crippen LogP contribution in [0.5, 0.6) is 11.5 Å². The molecule has 1 aromatic carbocycles. The van der Waals surface area contributed by atoms with Gasteiger partial charge in [0.2, 0.25) is 0 Å². The van der Waals surface area contributed by atoms with Crippen molar-refractivity contribution in [2.24, 2.45) is 0 Å². The first-order chi connectivity index (χ1) is 8.72. The second kappa shape index (κ2) is 4.05. The molecule has 1 aliphatic rings. The van der Waals surface area contributed by atoms with Crippen molar-refractivity contribution in [3.8, 4) is 11.5 Å². The molecule has 1 heterocycles. The number of benzene rings is 1. The van der Waals surface area contributed by atoms with Crippen molar-refractivity contribution in [1.29, 1.82) is 0 Å². The molecule has 1 aliphatic carbocycles. The minimum Gasteiger partial charge on any atom is -0.493 e. The Bertz CT molecular complexity index is 606. The molecular formula is C14H16N2O2. The van der Waals surface area contributed by atoms with Gasteiger partial charge < -0.3 is 15.2 Å². The number of anilines is 1. The molecule has 0 saturated heterocycles. The Kier molecular flexibility index (Phi) is 2.51. The number of fused-ring (bicyclic) bond motifs is 1. The van der Waals surface area contributed by atoms with Gasteiger partial charge in [0.25, 0.3) is 0 Å². The largest absolute Gasteiger partial charge is 0.493 e. The van der Waals surface area contributed by atoms with E-state index in [2.05, 4.69) is 4.98 Å². The summed E-state index contributed by atoms with van der Waals surface area (Å²) in [5.41, 5.74) is 8.81. The van der Waals surface area contributed by atoms with Gasteiger partial charge in [0.1, 0.15) is 0 Å². The first kappa shape index (κ1) is 11.1. The zero-order chi connectivity index (χ0) is 12.7. The quantitative estimate of drug-likeness (QED) is 0.901. The smallest absolute Gasteiger partial charge is 0.162 e. The van der Waals surface area contributed by atoms with Crippen LogP contribution < -0.4 is 15.2 Å². The van der Waals surface area contributed by atoms with Crippen molar-refractivity contribution in [1.82, 2.24) is 4.98 Å². The zero-order valence-electron chi connectivity index (χ0n) is 10.6. The average molecular weight is 244 g/mol. The molecule has 18 heavy (non-hydrogen) atoms. The van der Waals surface area contributed by atoms with Crippen molar-refractivity contribution in [2.45, 2.75) is 18.8 Å². The fourth-order valence-electron chi connectivity index (χ4n) is 2.19. The minimum absolute atomic E-state index is 0.588. The van der Waals surface area contributed by atoms with Crippen LogP contribution in [0.1, 0.15) is 24.5 Å². The van der Waals surface area contributed by atoms with Crippen LogP contribution in [0.3, 0.4) is 0 Å². The fraction of sp³-hybridized carbons (Fsp3) is 0.357. The molecule has 1 saturated carbocycles. The SMILES string of the molecule is COc1cc2nc(C3CC3)cc(N)c2cc1OC. The number of nitrogen functional groups attached to an aromatic ring is 1. The summed E-state index contributed by atoms with van der Waals surface area (Å²) in [7, 11) is 3.24. The Balaban J connectivity index is 2.22. The molecule has 1 aromatic heterocycles. The molecule has 0 atom stereocenters. The van der Waals surface area contributed by atoms with E-state index in [0.29, 0.717) is 17.4 Å². The van der Waals surface area contributed by atoms with E-state index in [0.717, 1.165) is 22.3 Å². The number of ether oxygens (including phenoxy) is 2. The summed E-state index contributed by atoms with van der Waals surface area (Å²) in [5.74, 6) is 1.95. The molecule has 0 spiro atoms. The number of nitrogens with zero attached hydrogens (tertiary/aromatic N) is 1. The molecule has 4 heteroatoms. The lowest BCUT2D eigenvalue weighted by atomic mass is 10.1. The van der Waals surface area contributed by atoms with Crippen molar-refractivity contribution < 1.29 is 9.47 Å². The number of hydrogen-bond acceptors (Lipinski definition) is 4. The summed E-state index contributed by atoms with van der Waals surface area (Å²) in [4.78, 5) is 4.67. The van der Waals surface area contributed by atoms with Crippen LogP contribution in [0.15, 0.2) is 18.2 Å². The number of aromatic nitrogens is 1. The van der Waals surface area contributed by atoms with Crippen LogP contribution in [0, 0.1) is 0 Å². The normalized spacial score (nSPS) is 14.8. The van der Waals surface area contributed by atoms with Gasteiger partial charge in [-0.2, -0.15) is 0 Å². The summed E-state index contributed by atoms with van der Waals surface area (Å²) >= 11 is 0. The van der Waals surface area contributed by atoms with Gasteiger partial charge in [0.15, 0.2) is 11.5 Å².